The number of hydrogen-bond donors (Lipinski definition) is 6. The lowest BCUT2D eigenvalue weighted by atomic mass is 9.94. The number of aliphatic hydroxyl groups is 3. The van der Waals surface area contributed by atoms with Crippen LogP contribution in [0.4, 0.5) is 0 Å². The van der Waals surface area contributed by atoms with Crippen molar-refractivity contribution in [2.45, 2.75) is 274 Å². The minimum absolute atomic E-state index is 0.200. The van der Waals surface area contributed by atoms with Crippen LogP contribution < -0.4 is 17.2 Å². The summed E-state index contributed by atoms with van der Waals surface area (Å²) in [6, 6.07) is -3.71. The molecule has 3 saturated carbocycles. The summed E-state index contributed by atoms with van der Waals surface area (Å²) in [4.78, 5) is 40.2. The first-order valence-electron chi connectivity index (χ1n) is 29.5. The highest BCUT2D eigenvalue weighted by molar-refractivity contribution is 5.76. The fourth-order valence-corrected chi connectivity index (χ4v) is 11.3. The molecule has 434 valence electrons. The van der Waals surface area contributed by atoms with Gasteiger partial charge in [-0.1, -0.05) is 117 Å². The Bertz CT molecular complexity index is 1700. The number of hydrogen-bond acceptors (Lipinski definition) is 19. The van der Waals surface area contributed by atoms with Crippen molar-refractivity contribution < 1.29 is 77.1 Å². The van der Waals surface area contributed by atoms with Crippen molar-refractivity contribution in [3.05, 3.63) is 0 Å². The molecule has 3 aliphatic heterocycles. The Hall–Kier alpha value is -2.11. The van der Waals surface area contributed by atoms with Gasteiger partial charge in [0.15, 0.2) is 18.9 Å². The molecule has 75 heavy (non-hydrogen) atoms. The summed E-state index contributed by atoms with van der Waals surface area (Å²) in [6.07, 6.45) is 6.38. The number of rotatable bonds is 35. The average molecular weight is 1070 g/mol. The summed E-state index contributed by atoms with van der Waals surface area (Å²) >= 11 is 0. The molecule has 3 heterocycles. The van der Waals surface area contributed by atoms with Crippen molar-refractivity contribution in [1.29, 1.82) is 0 Å². The molecule has 6 aliphatic rings. The van der Waals surface area contributed by atoms with Gasteiger partial charge in [0.1, 0.15) is 74.8 Å². The molecule has 19 heteroatoms. The summed E-state index contributed by atoms with van der Waals surface area (Å²) in [5.41, 5.74) is 19.9. The largest absolute Gasteiger partial charge is 0.463 e. The Kier molecular flexibility index (Phi) is 25.7. The lowest BCUT2D eigenvalue weighted by Crippen LogP contribution is -2.69. The molecule has 0 radical (unpaired) electrons. The van der Waals surface area contributed by atoms with Gasteiger partial charge in [0, 0.05) is 6.61 Å². The van der Waals surface area contributed by atoms with E-state index in [2.05, 4.69) is 20.8 Å². The highest BCUT2D eigenvalue weighted by Crippen LogP contribution is 2.46. The molecule has 0 spiro atoms. The molecule has 21 atom stereocenters. The predicted molar refractivity (Wildman–Crippen MR) is 277 cm³/mol. The number of unbranched alkanes of at least 4 members (excludes halogenated alkanes) is 12. The molecule has 6 fully saturated rings. The molecule has 9 N–H and O–H groups in total. The van der Waals surface area contributed by atoms with Crippen LogP contribution >= 0.6 is 0 Å². The van der Waals surface area contributed by atoms with Crippen LogP contribution in [0.2, 0.25) is 0 Å². The first-order chi connectivity index (χ1) is 36.1. The van der Waals surface area contributed by atoms with E-state index in [0.717, 1.165) is 89.9 Å². The molecular formula is C56H99N3O16. The van der Waals surface area contributed by atoms with Gasteiger partial charge in [-0.3, -0.25) is 14.4 Å². The van der Waals surface area contributed by atoms with Crippen molar-refractivity contribution >= 4 is 17.9 Å². The summed E-state index contributed by atoms with van der Waals surface area (Å²) in [5, 5.41) is 35.6. The normalized spacial score (nSPS) is 38.3. The lowest BCUT2D eigenvalue weighted by Gasteiger charge is -2.49. The van der Waals surface area contributed by atoms with E-state index < -0.39 is 105 Å². The molecule has 0 aromatic rings. The van der Waals surface area contributed by atoms with Crippen LogP contribution in [0.3, 0.4) is 0 Å². The molecule has 0 bridgehead atoms. The zero-order valence-electron chi connectivity index (χ0n) is 46.3. The SMILES string of the molecule is CCCCCCCC1CC1C(=O)OCC1O[C@@H](O[C@H]2C(COC(=O)C3CC3CCCCCCC)O[C@@H](O[C@H]3C(COC(=O)C4CC4CCCCCCC)O[C@@H](OCC)C(N)C3O)C(N)C2O)C(N)C(O)[C@H]1OC(C)C. The molecular weight excluding hydrogens is 971 g/mol. The smallest absolute Gasteiger partial charge is 0.309 e. The van der Waals surface area contributed by atoms with Gasteiger partial charge in [-0.2, -0.15) is 0 Å². The molecule has 15 unspecified atom stereocenters. The first kappa shape index (κ1) is 62.1. The summed E-state index contributed by atoms with van der Waals surface area (Å²) in [7, 11) is 0. The molecule has 0 aromatic carbocycles. The van der Waals surface area contributed by atoms with Gasteiger partial charge >= 0.3 is 17.9 Å². The van der Waals surface area contributed by atoms with Crippen LogP contribution in [0.25, 0.3) is 0 Å². The Balaban J connectivity index is 1.14. The lowest BCUT2D eigenvalue weighted by molar-refractivity contribution is -0.351. The van der Waals surface area contributed by atoms with Crippen LogP contribution in [0.1, 0.15) is 176 Å². The minimum atomic E-state index is -1.61. The van der Waals surface area contributed by atoms with Crippen LogP contribution in [0, 0.1) is 35.5 Å². The fourth-order valence-electron chi connectivity index (χ4n) is 11.3. The molecule has 19 nitrogen and oxygen atoms in total. The third-order valence-electron chi connectivity index (χ3n) is 16.4. The van der Waals surface area contributed by atoms with Gasteiger partial charge in [-0.05, 0) is 77.0 Å². The number of esters is 3. The third-order valence-corrected chi connectivity index (χ3v) is 16.4. The van der Waals surface area contributed by atoms with Crippen LogP contribution in [0.5, 0.6) is 0 Å². The topological polar surface area (TPSA) is 282 Å². The zero-order valence-corrected chi connectivity index (χ0v) is 46.3. The molecule has 6 rings (SSSR count). The Morgan fingerprint density at radius 2 is 0.800 bits per heavy atom. The number of carbonyl (C=O) groups excluding carboxylic acids is 3. The standard InChI is InChI=1S/C56H99N3O16/c1-7-11-14-17-20-23-33-26-36(33)51(63)67-29-39-48(70-32(5)6)46(61)43(58)55(72-39)75-50-41(31-69-53(65)38-28-35(38)25-22-19-16-13-9-3)73-56(44(59)47(50)62)74-49-40(71-54(66-10-4)42(57)45(49)60)30-68-52(64)37-27-34(37)24-21-18-15-12-8-2/h32-50,54-56,60-62H,7-31,57-59H2,1-6H3/t33?,34?,35?,36?,37?,38?,39?,40?,41?,42?,43?,44?,45?,46?,47?,48-,49-,50-,54+,55-,56-/m0/s1. The third kappa shape index (κ3) is 18.2. The summed E-state index contributed by atoms with van der Waals surface area (Å²) in [6.45, 7) is 11.2. The summed E-state index contributed by atoms with van der Waals surface area (Å²) < 4.78 is 61.4. The second kappa shape index (κ2) is 31.0. The van der Waals surface area contributed by atoms with Crippen LogP contribution in [-0.2, 0) is 61.8 Å². The maximum Gasteiger partial charge on any atom is 0.309 e. The second-order valence-corrected chi connectivity index (χ2v) is 22.9. The van der Waals surface area contributed by atoms with Gasteiger partial charge in [-0.25, -0.2) is 0 Å². The first-order valence-corrected chi connectivity index (χ1v) is 29.5. The van der Waals surface area contributed by atoms with Gasteiger partial charge < -0.3 is 79.9 Å². The number of aliphatic hydroxyl groups excluding tert-OH is 3. The monoisotopic (exact) mass is 1070 g/mol. The van der Waals surface area contributed by atoms with E-state index in [1.165, 1.54) is 38.5 Å². The number of nitrogens with two attached hydrogens (primary N) is 3. The Morgan fingerprint density at radius 3 is 1.15 bits per heavy atom. The van der Waals surface area contributed by atoms with Crippen molar-refractivity contribution in [2.24, 2.45) is 52.7 Å². The minimum Gasteiger partial charge on any atom is -0.463 e. The summed E-state index contributed by atoms with van der Waals surface area (Å²) in [5.74, 6) is -1.07. The van der Waals surface area contributed by atoms with Gasteiger partial charge in [0.05, 0.1) is 42.0 Å². The van der Waals surface area contributed by atoms with E-state index in [9.17, 15) is 29.7 Å². The van der Waals surface area contributed by atoms with E-state index in [0.29, 0.717) is 6.42 Å². The maximum atomic E-state index is 13.6. The number of carbonyl (C=O) groups is 3. The Morgan fingerprint density at radius 1 is 0.480 bits per heavy atom. The van der Waals surface area contributed by atoms with Crippen molar-refractivity contribution in [3.63, 3.8) is 0 Å². The van der Waals surface area contributed by atoms with Gasteiger partial charge in [0.2, 0.25) is 0 Å². The predicted octanol–water partition coefficient (Wildman–Crippen LogP) is 5.45. The van der Waals surface area contributed by atoms with Gasteiger partial charge in [0.25, 0.3) is 0 Å². The van der Waals surface area contributed by atoms with Gasteiger partial charge in [-0.15, -0.1) is 0 Å². The highest BCUT2D eigenvalue weighted by Gasteiger charge is 2.55. The molecule has 3 aliphatic carbocycles. The van der Waals surface area contributed by atoms with E-state index >= 15 is 0 Å². The van der Waals surface area contributed by atoms with Crippen molar-refractivity contribution in [1.82, 2.24) is 0 Å². The average Bonchev–Trinajstić information content (AvgIpc) is 4.30. The molecule has 0 aromatic heterocycles. The van der Waals surface area contributed by atoms with E-state index in [-0.39, 0.29) is 73.4 Å². The van der Waals surface area contributed by atoms with Crippen LogP contribution in [-0.4, -0.2) is 158 Å². The number of ether oxygens (including phenoxy) is 10. The van der Waals surface area contributed by atoms with E-state index in [4.69, 9.17) is 64.6 Å². The van der Waals surface area contributed by atoms with E-state index in [1.54, 1.807) is 20.8 Å². The highest BCUT2D eigenvalue weighted by atomic mass is 16.8. The quantitative estimate of drug-likeness (QED) is 0.0262. The zero-order chi connectivity index (χ0) is 54.2. The fraction of sp³-hybridized carbons (Fsp3) is 0.946. The molecule has 0 amide bonds. The Labute approximate surface area is 447 Å². The van der Waals surface area contributed by atoms with E-state index in [1.807, 2.05) is 0 Å². The second-order valence-electron chi connectivity index (χ2n) is 22.9. The molecule has 3 saturated heterocycles. The van der Waals surface area contributed by atoms with Crippen molar-refractivity contribution in [2.75, 3.05) is 26.4 Å². The van der Waals surface area contributed by atoms with Crippen molar-refractivity contribution in [3.8, 4) is 0 Å². The van der Waals surface area contributed by atoms with Crippen LogP contribution in [0.15, 0.2) is 0 Å². The maximum absolute atomic E-state index is 13.6.